The van der Waals surface area contributed by atoms with E-state index < -0.39 is 10.0 Å². The number of benzene rings is 2. The molecule has 1 atom stereocenters. The number of sulfonamides is 1. The van der Waals surface area contributed by atoms with Gasteiger partial charge in [0.2, 0.25) is 10.0 Å². The summed E-state index contributed by atoms with van der Waals surface area (Å²) in [7, 11) is -1.84. The third kappa shape index (κ3) is 4.43. The van der Waals surface area contributed by atoms with Crippen LogP contribution in [0.25, 0.3) is 0 Å². The van der Waals surface area contributed by atoms with Crippen molar-refractivity contribution in [2.24, 2.45) is 0 Å². The Morgan fingerprint density at radius 3 is 2.27 bits per heavy atom. The first-order valence-electron chi connectivity index (χ1n) is 8.43. The van der Waals surface area contributed by atoms with E-state index in [4.69, 9.17) is 0 Å². The van der Waals surface area contributed by atoms with Gasteiger partial charge in [0, 0.05) is 12.6 Å². The fourth-order valence-corrected chi connectivity index (χ4v) is 3.47. The molecule has 26 heavy (non-hydrogen) atoms. The molecule has 0 radical (unpaired) electrons. The molecule has 2 rings (SSSR count). The summed E-state index contributed by atoms with van der Waals surface area (Å²) in [5, 5.41) is 3.02. The highest BCUT2D eigenvalue weighted by atomic mass is 32.2. The van der Waals surface area contributed by atoms with Gasteiger partial charge >= 0.3 is 0 Å². The lowest BCUT2D eigenvalue weighted by molar-refractivity contribution is 0.0939. The SMILES string of the molecule is Cc1ccc(C)c([C@@H](C)NC(=O)c2ccc(N(C)S(C)(=O)=O)c(C)c2)c1. The van der Waals surface area contributed by atoms with Gasteiger partial charge in [0.05, 0.1) is 18.0 Å². The molecule has 1 amide bonds. The van der Waals surface area contributed by atoms with Gasteiger partial charge in [-0.1, -0.05) is 23.8 Å². The Morgan fingerprint density at radius 2 is 1.69 bits per heavy atom. The van der Waals surface area contributed by atoms with Crippen molar-refractivity contribution in [3.05, 3.63) is 64.2 Å². The molecule has 6 heteroatoms. The van der Waals surface area contributed by atoms with Crippen LogP contribution in [0.1, 0.15) is 45.6 Å². The second kappa shape index (κ2) is 7.50. The molecule has 2 aromatic rings. The maximum absolute atomic E-state index is 12.6. The van der Waals surface area contributed by atoms with E-state index in [1.807, 2.05) is 32.9 Å². The van der Waals surface area contributed by atoms with Crippen LogP contribution in [0.15, 0.2) is 36.4 Å². The lowest BCUT2D eigenvalue weighted by Crippen LogP contribution is -2.28. The number of hydrogen-bond donors (Lipinski definition) is 1. The van der Waals surface area contributed by atoms with E-state index in [0.29, 0.717) is 11.3 Å². The average molecular weight is 375 g/mol. The second-order valence-electron chi connectivity index (χ2n) is 6.79. The molecule has 0 saturated carbocycles. The average Bonchev–Trinajstić information content (AvgIpc) is 2.55. The summed E-state index contributed by atoms with van der Waals surface area (Å²) in [5.74, 6) is -0.185. The number of aryl methyl sites for hydroxylation is 3. The minimum Gasteiger partial charge on any atom is -0.346 e. The van der Waals surface area contributed by atoms with E-state index in [1.54, 1.807) is 25.1 Å². The van der Waals surface area contributed by atoms with Gasteiger partial charge in [0.15, 0.2) is 0 Å². The van der Waals surface area contributed by atoms with Crippen LogP contribution in [-0.2, 0) is 10.0 Å². The molecule has 0 saturated heterocycles. The first kappa shape index (κ1) is 20.0. The molecule has 0 aliphatic carbocycles. The van der Waals surface area contributed by atoms with Gasteiger partial charge < -0.3 is 5.32 Å². The number of nitrogens with one attached hydrogen (secondary N) is 1. The number of anilines is 1. The lowest BCUT2D eigenvalue weighted by atomic mass is 9.99. The van der Waals surface area contributed by atoms with Crippen LogP contribution in [0, 0.1) is 20.8 Å². The van der Waals surface area contributed by atoms with Crippen LogP contribution >= 0.6 is 0 Å². The standard InChI is InChI=1S/C20H26N2O3S/c1-13-7-8-14(2)18(11-13)16(4)21-20(23)17-9-10-19(15(3)12-17)22(5)26(6,24)25/h7-12,16H,1-6H3,(H,21,23)/t16-/m1/s1. The highest BCUT2D eigenvalue weighted by Gasteiger charge is 2.17. The van der Waals surface area contributed by atoms with Crippen LogP contribution < -0.4 is 9.62 Å². The molecule has 0 fully saturated rings. The van der Waals surface area contributed by atoms with Crippen molar-refractivity contribution in [3.8, 4) is 0 Å². The molecule has 2 aromatic carbocycles. The summed E-state index contributed by atoms with van der Waals surface area (Å²) in [6.07, 6.45) is 1.15. The quantitative estimate of drug-likeness (QED) is 0.871. The maximum atomic E-state index is 12.6. The molecule has 0 aliphatic heterocycles. The molecular formula is C20H26N2O3S. The summed E-state index contributed by atoms with van der Waals surface area (Å²) < 4.78 is 24.6. The monoisotopic (exact) mass is 374 g/mol. The Morgan fingerprint density at radius 1 is 1.04 bits per heavy atom. The van der Waals surface area contributed by atoms with Gasteiger partial charge in [0.25, 0.3) is 5.91 Å². The molecule has 0 spiro atoms. The first-order chi connectivity index (χ1) is 12.0. The highest BCUT2D eigenvalue weighted by Crippen LogP contribution is 2.23. The van der Waals surface area contributed by atoms with Gasteiger partial charge in [-0.25, -0.2) is 8.42 Å². The van der Waals surface area contributed by atoms with Crippen molar-refractivity contribution in [1.82, 2.24) is 5.32 Å². The molecule has 0 aromatic heterocycles. The van der Waals surface area contributed by atoms with Crippen LogP contribution in [0.2, 0.25) is 0 Å². The minimum atomic E-state index is -3.34. The molecule has 0 unspecified atom stereocenters. The van der Waals surface area contributed by atoms with Gasteiger partial charge in [-0.15, -0.1) is 0 Å². The van der Waals surface area contributed by atoms with Gasteiger partial charge in [-0.05, 0) is 62.6 Å². The Labute approximate surface area is 156 Å². The largest absolute Gasteiger partial charge is 0.346 e. The van der Waals surface area contributed by atoms with Crippen LogP contribution in [0.4, 0.5) is 5.69 Å². The molecule has 5 nitrogen and oxygen atoms in total. The van der Waals surface area contributed by atoms with Gasteiger partial charge in [0.1, 0.15) is 0 Å². The summed E-state index contributed by atoms with van der Waals surface area (Å²) in [6, 6.07) is 11.1. The molecule has 1 N–H and O–H groups in total. The summed E-state index contributed by atoms with van der Waals surface area (Å²) in [5.41, 5.74) is 5.16. The summed E-state index contributed by atoms with van der Waals surface area (Å²) in [6.45, 7) is 7.80. The normalized spacial score (nSPS) is 12.5. The van der Waals surface area contributed by atoms with E-state index in [-0.39, 0.29) is 11.9 Å². The van der Waals surface area contributed by atoms with Gasteiger partial charge in [-0.2, -0.15) is 0 Å². The Kier molecular flexibility index (Phi) is 5.76. The third-order valence-corrected chi connectivity index (χ3v) is 5.74. The zero-order valence-electron chi connectivity index (χ0n) is 16.1. The van der Waals surface area contributed by atoms with Crippen molar-refractivity contribution in [2.75, 3.05) is 17.6 Å². The van der Waals surface area contributed by atoms with Gasteiger partial charge in [-0.3, -0.25) is 9.10 Å². The van der Waals surface area contributed by atoms with Crippen LogP contribution in [0.3, 0.4) is 0 Å². The zero-order valence-corrected chi connectivity index (χ0v) is 16.9. The fourth-order valence-electron chi connectivity index (χ4n) is 2.91. The predicted molar refractivity (Wildman–Crippen MR) is 106 cm³/mol. The zero-order chi connectivity index (χ0) is 19.6. The molecular weight excluding hydrogens is 348 g/mol. The summed E-state index contributed by atoms with van der Waals surface area (Å²) >= 11 is 0. The van der Waals surface area contributed by atoms with E-state index in [0.717, 1.165) is 28.5 Å². The molecule has 0 bridgehead atoms. The van der Waals surface area contributed by atoms with Crippen molar-refractivity contribution in [1.29, 1.82) is 0 Å². The fraction of sp³-hybridized carbons (Fsp3) is 0.350. The predicted octanol–water partition coefficient (Wildman–Crippen LogP) is 3.50. The van der Waals surface area contributed by atoms with E-state index in [1.165, 1.54) is 11.4 Å². The van der Waals surface area contributed by atoms with E-state index >= 15 is 0 Å². The molecule has 140 valence electrons. The number of carbonyl (C=O) groups is 1. The number of amides is 1. The number of rotatable bonds is 5. The highest BCUT2D eigenvalue weighted by molar-refractivity contribution is 7.92. The van der Waals surface area contributed by atoms with E-state index in [2.05, 4.69) is 11.4 Å². The topological polar surface area (TPSA) is 66.5 Å². The smallest absolute Gasteiger partial charge is 0.251 e. The van der Waals surface area contributed by atoms with Crippen molar-refractivity contribution >= 4 is 21.6 Å². The minimum absolute atomic E-state index is 0.124. The Bertz CT molecular complexity index is 936. The molecule has 0 aliphatic rings. The van der Waals surface area contributed by atoms with Crippen molar-refractivity contribution < 1.29 is 13.2 Å². The molecule has 0 heterocycles. The number of carbonyl (C=O) groups excluding carboxylic acids is 1. The second-order valence-corrected chi connectivity index (χ2v) is 8.80. The Hall–Kier alpha value is -2.34. The third-order valence-electron chi connectivity index (χ3n) is 4.54. The van der Waals surface area contributed by atoms with Crippen LogP contribution in [0.5, 0.6) is 0 Å². The van der Waals surface area contributed by atoms with Crippen molar-refractivity contribution in [3.63, 3.8) is 0 Å². The number of nitrogens with zero attached hydrogens (tertiary/aromatic N) is 1. The Balaban J connectivity index is 2.22. The van der Waals surface area contributed by atoms with Crippen molar-refractivity contribution in [2.45, 2.75) is 33.7 Å². The number of hydrogen-bond acceptors (Lipinski definition) is 3. The summed E-state index contributed by atoms with van der Waals surface area (Å²) in [4.78, 5) is 12.6. The first-order valence-corrected chi connectivity index (χ1v) is 10.3. The maximum Gasteiger partial charge on any atom is 0.251 e. The lowest BCUT2D eigenvalue weighted by Gasteiger charge is -2.20. The van der Waals surface area contributed by atoms with E-state index in [9.17, 15) is 13.2 Å². The van der Waals surface area contributed by atoms with Crippen LogP contribution in [-0.4, -0.2) is 27.6 Å².